The first kappa shape index (κ1) is 12.1. The first-order valence-electron chi connectivity index (χ1n) is 3.81. The lowest BCUT2D eigenvalue weighted by Gasteiger charge is -2.06. The Bertz CT molecular complexity index is 262. The molecule has 0 spiro atoms. The zero-order chi connectivity index (χ0) is 8.97. The Labute approximate surface area is 87.9 Å². The van der Waals surface area contributed by atoms with Crippen LogP contribution in [0.15, 0.2) is 24.5 Å². The maximum Gasteiger partial charge on any atom is 0.338 e. The van der Waals surface area contributed by atoms with Crippen molar-refractivity contribution in [3.05, 3.63) is 30.1 Å². The van der Waals surface area contributed by atoms with Crippen molar-refractivity contribution in [3.63, 3.8) is 0 Å². The third-order valence-electron chi connectivity index (χ3n) is 1.26. The van der Waals surface area contributed by atoms with E-state index in [0.29, 0.717) is 5.56 Å². The smallest absolute Gasteiger partial charge is 0.338 e. The lowest BCUT2D eigenvalue weighted by molar-refractivity contribution is 0.0378. The van der Waals surface area contributed by atoms with Crippen LogP contribution in [0.25, 0.3) is 0 Å². The molecule has 0 unspecified atom stereocenters. The number of pyridine rings is 1. The van der Waals surface area contributed by atoms with E-state index >= 15 is 0 Å². The van der Waals surface area contributed by atoms with Gasteiger partial charge in [0.2, 0.25) is 0 Å². The number of esters is 1. The highest BCUT2D eigenvalue weighted by Crippen LogP contribution is 2.01. The number of ether oxygens (including phenoxy) is 1. The van der Waals surface area contributed by atoms with Gasteiger partial charge in [0.05, 0.1) is 11.7 Å². The van der Waals surface area contributed by atoms with E-state index in [1.54, 1.807) is 24.5 Å². The Hall–Kier alpha value is -0.900. The van der Waals surface area contributed by atoms with Crippen molar-refractivity contribution in [1.29, 1.82) is 0 Å². The summed E-state index contributed by atoms with van der Waals surface area (Å²) in [4.78, 5) is 15.0. The summed E-state index contributed by atoms with van der Waals surface area (Å²) < 4.78 is 4.97. The fourth-order valence-corrected chi connectivity index (χ4v) is 0.770. The molecule has 4 heteroatoms. The Morgan fingerprint density at radius 2 is 1.92 bits per heavy atom. The average molecular weight is 246 g/mol. The zero-order valence-electron chi connectivity index (χ0n) is 7.56. The topological polar surface area (TPSA) is 39.2 Å². The number of aromatic nitrogens is 1. The normalized spacial score (nSPS) is 9.15. The second-order valence-corrected chi connectivity index (χ2v) is 2.69. The quantitative estimate of drug-likeness (QED) is 0.751. The molecule has 0 bridgehead atoms. The molecule has 0 saturated heterocycles. The summed E-state index contributed by atoms with van der Waals surface area (Å²) in [6.45, 7) is 3.64. The fourth-order valence-electron chi connectivity index (χ4n) is 0.770. The third-order valence-corrected chi connectivity index (χ3v) is 1.26. The molecule has 1 aromatic rings. The second-order valence-electron chi connectivity index (χ2n) is 2.69. The fraction of sp³-hybridized carbons (Fsp3) is 0.333. The van der Waals surface area contributed by atoms with Gasteiger partial charge in [0.15, 0.2) is 0 Å². The predicted molar refractivity (Wildman–Crippen MR) is 55.1 cm³/mol. The Balaban J connectivity index is 0.00000144. The molecule has 0 fully saturated rings. The van der Waals surface area contributed by atoms with Crippen molar-refractivity contribution < 1.29 is 9.53 Å². The summed E-state index contributed by atoms with van der Waals surface area (Å²) in [5.74, 6) is -0.299. The van der Waals surface area contributed by atoms with Gasteiger partial charge in [0, 0.05) is 12.4 Å². The maximum absolute atomic E-state index is 11.2. The Morgan fingerprint density at radius 3 is 2.38 bits per heavy atom. The molecule has 1 heterocycles. The molecule has 0 aliphatic heterocycles. The number of carbonyl (C=O) groups excluding carboxylic acids is 1. The van der Waals surface area contributed by atoms with Gasteiger partial charge in [-0.1, -0.05) is 0 Å². The highest BCUT2D eigenvalue weighted by Gasteiger charge is 2.07. The van der Waals surface area contributed by atoms with Crippen molar-refractivity contribution >= 4 is 23.0 Å². The van der Waals surface area contributed by atoms with Crippen LogP contribution in [0.4, 0.5) is 0 Å². The highest BCUT2D eigenvalue weighted by atomic mass is 79.9. The van der Waals surface area contributed by atoms with Gasteiger partial charge in [-0.3, -0.25) is 4.98 Å². The lowest BCUT2D eigenvalue weighted by atomic mass is 10.3. The molecule has 13 heavy (non-hydrogen) atoms. The van der Waals surface area contributed by atoms with Crippen LogP contribution in [-0.2, 0) is 4.74 Å². The summed E-state index contributed by atoms with van der Waals surface area (Å²) in [6, 6.07) is 3.26. The zero-order valence-corrected chi connectivity index (χ0v) is 9.27. The molecule has 0 saturated carbocycles. The Kier molecular flexibility index (Phi) is 5.30. The van der Waals surface area contributed by atoms with Crippen molar-refractivity contribution in [3.8, 4) is 0 Å². The number of carbonyl (C=O) groups is 1. The van der Waals surface area contributed by atoms with E-state index in [2.05, 4.69) is 4.98 Å². The molecule has 0 N–H and O–H groups in total. The minimum absolute atomic E-state index is 0. The van der Waals surface area contributed by atoms with Crippen molar-refractivity contribution in [2.45, 2.75) is 20.0 Å². The summed E-state index contributed by atoms with van der Waals surface area (Å²) in [5.41, 5.74) is 0.540. The van der Waals surface area contributed by atoms with Gasteiger partial charge < -0.3 is 4.74 Å². The maximum atomic E-state index is 11.2. The largest absolute Gasteiger partial charge is 0.459 e. The minimum Gasteiger partial charge on any atom is -0.459 e. The number of nitrogens with zero attached hydrogens (tertiary/aromatic N) is 1. The van der Waals surface area contributed by atoms with Crippen molar-refractivity contribution in [1.82, 2.24) is 4.98 Å². The van der Waals surface area contributed by atoms with E-state index in [-0.39, 0.29) is 29.1 Å². The first-order valence-corrected chi connectivity index (χ1v) is 3.81. The van der Waals surface area contributed by atoms with E-state index in [0.717, 1.165) is 0 Å². The minimum atomic E-state index is -0.299. The van der Waals surface area contributed by atoms with Crippen LogP contribution in [0, 0.1) is 0 Å². The number of hydrogen-bond acceptors (Lipinski definition) is 3. The molecule has 0 radical (unpaired) electrons. The molecular weight excluding hydrogens is 234 g/mol. The summed E-state index contributed by atoms with van der Waals surface area (Å²) in [5, 5.41) is 0. The monoisotopic (exact) mass is 245 g/mol. The van der Waals surface area contributed by atoms with Crippen LogP contribution < -0.4 is 0 Å². The van der Waals surface area contributed by atoms with Gasteiger partial charge in [-0.05, 0) is 26.0 Å². The number of rotatable bonds is 2. The van der Waals surface area contributed by atoms with E-state index in [1.165, 1.54) is 0 Å². The molecule has 0 amide bonds. The van der Waals surface area contributed by atoms with Crippen LogP contribution in [0.2, 0.25) is 0 Å². The van der Waals surface area contributed by atoms with E-state index in [4.69, 9.17) is 4.74 Å². The third kappa shape index (κ3) is 4.03. The van der Waals surface area contributed by atoms with E-state index in [1.807, 2.05) is 13.8 Å². The average Bonchev–Trinajstić information content (AvgIpc) is 2.05. The van der Waals surface area contributed by atoms with E-state index < -0.39 is 0 Å². The lowest BCUT2D eigenvalue weighted by Crippen LogP contribution is -2.11. The summed E-state index contributed by atoms with van der Waals surface area (Å²) >= 11 is 0. The van der Waals surface area contributed by atoms with Crippen LogP contribution in [0.5, 0.6) is 0 Å². The Morgan fingerprint density at radius 1 is 1.38 bits per heavy atom. The highest BCUT2D eigenvalue weighted by molar-refractivity contribution is 8.93. The molecule has 0 aliphatic rings. The summed E-state index contributed by atoms with van der Waals surface area (Å²) in [6.07, 6.45) is 3.05. The van der Waals surface area contributed by atoms with Gasteiger partial charge in [-0.15, -0.1) is 17.0 Å². The van der Waals surface area contributed by atoms with Gasteiger partial charge in [-0.2, -0.15) is 0 Å². The molecule has 72 valence electrons. The molecule has 0 atom stereocenters. The van der Waals surface area contributed by atoms with Crippen LogP contribution in [-0.4, -0.2) is 17.1 Å². The molecular formula is C9H12BrNO2. The molecule has 1 rings (SSSR count). The van der Waals surface area contributed by atoms with Gasteiger partial charge in [0.25, 0.3) is 0 Å². The summed E-state index contributed by atoms with van der Waals surface area (Å²) in [7, 11) is 0. The molecule has 3 nitrogen and oxygen atoms in total. The van der Waals surface area contributed by atoms with Gasteiger partial charge >= 0.3 is 5.97 Å². The van der Waals surface area contributed by atoms with Crippen molar-refractivity contribution in [2.75, 3.05) is 0 Å². The first-order chi connectivity index (χ1) is 5.70. The predicted octanol–water partition coefficient (Wildman–Crippen LogP) is 2.22. The standard InChI is InChI=1S/C9H11NO2.BrH/c1-7(2)12-9(11)8-3-5-10-6-4-8;/h3-7H,1-2H3;1H. The van der Waals surface area contributed by atoms with E-state index in [9.17, 15) is 4.79 Å². The number of hydrogen-bond donors (Lipinski definition) is 0. The second kappa shape index (κ2) is 5.70. The van der Waals surface area contributed by atoms with Crippen molar-refractivity contribution in [2.24, 2.45) is 0 Å². The van der Waals surface area contributed by atoms with Crippen LogP contribution in [0.3, 0.4) is 0 Å². The molecule has 0 aliphatic carbocycles. The molecule has 1 aromatic heterocycles. The van der Waals surface area contributed by atoms with Crippen LogP contribution in [0.1, 0.15) is 24.2 Å². The van der Waals surface area contributed by atoms with Gasteiger partial charge in [-0.25, -0.2) is 4.79 Å². The van der Waals surface area contributed by atoms with Crippen LogP contribution >= 0.6 is 17.0 Å². The number of halogens is 1. The molecule has 0 aromatic carbocycles. The SMILES string of the molecule is Br.CC(C)OC(=O)c1ccncc1. The van der Waals surface area contributed by atoms with Gasteiger partial charge in [0.1, 0.15) is 0 Å².